The summed E-state index contributed by atoms with van der Waals surface area (Å²) in [6, 6.07) is 7.98. The summed E-state index contributed by atoms with van der Waals surface area (Å²) >= 11 is 0. The second-order valence-electron chi connectivity index (χ2n) is 6.29. The first-order valence-corrected chi connectivity index (χ1v) is 8.67. The molecule has 0 saturated heterocycles. The third-order valence-corrected chi connectivity index (χ3v) is 4.14. The number of rotatable bonds is 6. The van der Waals surface area contributed by atoms with Crippen molar-refractivity contribution in [1.29, 1.82) is 0 Å². The molecule has 3 aromatic rings. The van der Waals surface area contributed by atoms with Crippen LogP contribution in [0.15, 0.2) is 42.5 Å². The molecule has 11 nitrogen and oxygen atoms in total. The number of tetrazole rings is 1. The molecule has 0 bridgehead atoms. The first-order chi connectivity index (χ1) is 14.3. The van der Waals surface area contributed by atoms with E-state index in [1.807, 2.05) is 0 Å². The van der Waals surface area contributed by atoms with Crippen molar-refractivity contribution in [3.63, 3.8) is 0 Å². The summed E-state index contributed by atoms with van der Waals surface area (Å²) in [5.74, 6) is -1.58. The van der Waals surface area contributed by atoms with E-state index in [1.165, 1.54) is 41.9 Å². The van der Waals surface area contributed by atoms with Crippen LogP contribution in [0.2, 0.25) is 0 Å². The number of anilines is 1. The van der Waals surface area contributed by atoms with Crippen LogP contribution < -0.4 is 10.6 Å². The maximum Gasteiger partial charge on any atom is 0.270 e. The number of amides is 2. The van der Waals surface area contributed by atoms with E-state index in [0.29, 0.717) is 11.5 Å². The summed E-state index contributed by atoms with van der Waals surface area (Å²) < 4.78 is 15.5. The Kier molecular flexibility index (Phi) is 5.76. The molecule has 0 aliphatic heterocycles. The Bertz CT molecular complexity index is 1130. The van der Waals surface area contributed by atoms with Crippen LogP contribution in [0, 0.1) is 22.9 Å². The molecule has 0 aliphatic carbocycles. The van der Waals surface area contributed by atoms with Gasteiger partial charge >= 0.3 is 0 Å². The van der Waals surface area contributed by atoms with Crippen LogP contribution in [0.25, 0.3) is 5.69 Å². The third kappa shape index (κ3) is 4.43. The Balaban J connectivity index is 1.71. The highest BCUT2D eigenvalue weighted by Crippen LogP contribution is 2.19. The quantitative estimate of drug-likeness (QED) is 0.463. The molecule has 3 rings (SSSR count). The number of halogens is 1. The molecule has 1 unspecified atom stereocenters. The van der Waals surface area contributed by atoms with Gasteiger partial charge in [0.1, 0.15) is 11.9 Å². The highest BCUT2D eigenvalue weighted by Gasteiger charge is 2.20. The van der Waals surface area contributed by atoms with E-state index in [-0.39, 0.29) is 16.9 Å². The van der Waals surface area contributed by atoms with Crippen LogP contribution in [-0.2, 0) is 4.79 Å². The summed E-state index contributed by atoms with van der Waals surface area (Å²) in [4.78, 5) is 34.9. The maximum atomic E-state index is 14.2. The molecule has 154 valence electrons. The van der Waals surface area contributed by atoms with E-state index in [4.69, 9.17) is 0 Å². The summed E-state index contributed by atoms with van der Waals surface area (Å²) in [5.41, 5.74) is 0.0778. The van der Waals surface area contributed by atoms with Crippen LogP contribution in [0.3, 0.4) is 0 Å². The number of benzene rings is 2. The van der Waals surface area contributed by atoms with Crippen LogP contribution >= 0.6 is 0 Å². The molecule has 30 heavy (non-hydrogen) atoms. The highest BCUT2D eigenvalue weighted by molar-refractivity contribution is 6.01. The number of aromatic nitrogens is 4. The molecule has 2 aromatic carbocycles. The molecule has 0 saturated carbocycles. The lowest BCUT2D eigenvalue weighted by Crippen LogP contribution is -2.41. The molecule has 12 heteroatoms. The minimum absolute atomic E-state index is 0.0196. The number of carbonyl (C=O) groups excluding carboxylic acids is 2. The van der Waals surface area contributed by atoms with Crippen molar-refractivity contribution in [2.45, 2.75) is 19.9 Å². The van der Waals surface area contributed by atoms with E-state index in [1.54, 1.807) is 6.92 Å². The van der Waals surface area contributed by atoms with Gasteiger partial charge in [-0.05, 0) is 48.5 Å². The Hall–Kier alpha value is -4.22. The van der Waals surface area contributed by atoms with Gasteiger partial charge in [0.15, 0.2) is 5.82 Å². The Morgan fingerprint density at radius 2 is 2.00 bits per heavy atom. The van der Waals surface area contributed by atoms with Gasteiger partial charge in [-0.15, -0.1) is 5.10 Å². The Morgan fingerprint density at radius 3 is 2.67 bits per heavy atom. The Morgan fingerprint density at radius 1 is 1.23 bits per heavy atom. The third-order valence-electron chi connectivity index (χ3n) is 4.14. The molecule has 0 aliphatic rings. The molecule has 0 fully saturated rings. The van der Waals surface area contributed by atoms with Gasteiger partial charge in [-0.1, -0.05) is 6.07 Å². The van der Waals surface area contributed by atoms with E-state index < -0.39 is 28.6 Å². The minimum Gasteiger partial charge on any atom is -0.341 e. The second-order valence-corrected chi connectivity index (χ2v) is 6.29. The second kappa shape index (κ2) is 8.43. The van der Waals surface area contributed by atoms with Gasteiger partial charge in [0.25, 0.3) is 11.6 Å². The van der Waals surface area contributed by atoms with Gasteiger partial charge in [0.05, 0.1) is 16.3 Å². The van der Waals surface area contributed by atoms with Crippen LogP contribution in [-0.4, -0.2) is 43.0 Å². The van der Waals surface area contributed by atoms with Crippen LogP contribution in [0.1, 0.15) is 23.1 Å². The number of hydrogen-bond acceptors (Lipinski definition) is 7. The van der Waals surface area contributed by atoms with Gasteiger partial charge in [-0.2, -0.15) is 4.68 Å². The summed E-state index contributed by atoms with van der Waals surface area (Å²) in [6.07, 6.45) is 0. The number of nitro benzene ring substituents is 1. The number of carbonyl (C=O) groups is 2. The monoisotopic (exact) mass is 413 g/mol. The van der Waals surface area contributed by atoms with E-state index in [9.17, 15) is 24.1 Å². The topological polar surface area (TPSA) is 145 Å². The number of aryl methyl sites for hydroxylation is 1. The molecule has 2 N–H and O–H groups in total. The fourth-order valence-corrected chi connectivity index (χ4v) is 2.56. The number of non-ortho nitro benzene ring substituents is 1. The van der Waals surface area contributed by atoms with Gasteiger partial charge in [-0.3, -0.25) is 19.7 Å². The smallest absolute Gasteiger partial charge is 0.270 e. The predicted octanol–water partition coefficient (Wildman–Crippen LogP) is 1.78. The summed E-state index contributed by atoms with van der Waals surface area (Å²) in [6.45, 7) is 3.06. The summed E-state index contributed by atoms with van der Waals surface area (Å²) in [7, 11) is 0. The fourth-order valence-electron chi connectivity index (χ4n) is 2.56. The molecule has 0 radical (unpaired) electrons. The maximum absolute atomic E-state index is 14.2. The zero-order chi connectivity index (χ0) is 21.8. The summed E-state index contributed by atoms with van der Waals surface area (Å²) in [5, 5.41) is 26.7. The van der Waals surface area contributed by atoms with Crippen molar-refractivity contribution in [2.24, 2.45) is 0 Å². The van der Waals surface area contributed by atoms with Crippen molar-refractivity contribution in [1.82, 2.24) is 25.5 Å². The van der Waals surface area contributed by atoms with Crippen molar-refractivity contribution < 1.29 is 18.9 Å². The molecule has 1 atom stereocenters. The number of hydrogen-bond donors (Lipinski definition) is 2. The molecular formula is C18H16FN7O4. The molecule has 1 heterocycles. The van der Waals surface area contributed by atoms with Crippen molar-refractivity contribution >= 4 is 23.2 Å². The largest absolute Gasteiger partial charge is 0.341 e. The first-order valence-electron chi connectivity index (χ1n) is 8.67. The normalized spacial score (nSPS) is 11.6. The lowest BCUT2D eigenvalue weighted by atomic mass is 10.1. The van der Waals surface area contributed by atoms with Crippen LogP contribution in [0.5, 0.6) is 0 Å². The number of nitrogens with one attached hydrogen (secondary N) is 2. The Labute approximate surface area is 169 Å². The lowest BCUT2D eigenvalue weighted by Gasteiger charge is -2.15. The van der Waals surface area contributed by atoms with Crippen molar-refractivity contribution in [2.75, 3.05) is 5.32 Å². The zero-order valence-electron chi connectivity index (χ0n) is 15.9. The number of nitrogens with zero attached hydrogens (tertiary/aromatic N) is 5. The predicted molar refractivity (Wildman–Crippen MR) is 103 cm³/mol. The molecule has 1 aromatic heterocycles. The van der Waals surface area contributed by atoms with Gasteiger partial charge in [0.2, 0.25) is 5.91 Å². The first kappa shape index (κ1) is 20.5. The van der Waals surface area contributed by atoms with Crippen LogP contribution in [0.4, 0.5) is 15.8 Å². The standard InChI is InChI=1S/C18H16FN7O4/c1-10(20-18(28)12-4-3-5-14(8-12)26(29)30)17(27)21-16-9-13(6-7-15(16)19)25-11(2)22-23-24-25/h3-10H,1-2H3,(H,20,28)(H,21,27). The average Bonchev–Trinajstić information content (AvgIpc) is 3.15. The SMILES string of the molecule is Cc1nnnn1-c1ccc(F)c(NC(=O)C(C)NC(=O)c2cccc([N+](=O)[O-])c2)c1. The minimum atomic E-state index is -1.05. The van der Waals surface area contributed by atoms with E-state index >= 15 is 0 Å². The molecule has 2 amide bonds. The van der Waals surface area contributed by atoms with E-state index in [0.717, 1.165) is 12.1 Å². The highest BCUT2D eigenvalue weighted by atomic mass is 19.1. The van der Waals surface area contributed by atoms with Gasteiger partial charge < -0.3 is 10.6 Å². The molecular weight excluding hydrogens is 397 g/mol. The zero-order valence-corrected chi connectivity index (χ0v) is 15.9. The van der Waals surface area contributed by atoms with E-state index in [2.05, 4.69) is 26.2 Å². The van der Waals surface area contributed by atoms with Gasteiger partial charge in [0, 0.05) is 17.7 Å². The lowest BCUT2D eigenvalue weighted by molar-refractivity contribution is -0.384. The number of nitro groups is 1. The van der Waals surface area contributed by atoms with Crippen molar-refractivity contribution in [3.05, 3.63) is 69.8 Å². The fraction of sp³-hybridized carbons (Fsp3) is 0.167. The van der Waals surface area contributed by atoms with Gasteiger partial charge in [-0.25, -0.2) is 4.39 Å². The molecule has 0 spiro atoms. The average molecular weight is 413 g/mol. The van der Waals surface area contributed by atoms with Crippen molar-refractivity contribution in [3.8, 4) is 5.69 Å².